The van der Waals surface area contributed by atoms with E-state index in [0.717, 1.165) is 16.8 Å². The van der Waals surface area contributed by atoms with Crippen LogP contribution in [0.1, 0.15) is 31.8 Å². The number of carbonyl (C=O) groups is 2. The first-order valence-electron chi connectivity index (χ1n) is 8.13. The van der Waals surface area contributed by atoms with Crippen LogP contribution < -0.4 is 10.6 Å². The maximum absolute atomic E-state index is 12.0. The van der Waals surface area contributed by atoms with Crippen LogP contribution in [0.25, 0.3) is 10.9 Å². The Labute approximate surface area is 150 Å². The molecule has 0 atom stereocenters. The highest BCUT2D eigenvalue weighted by atomic mass is 16.4. The summed E-state index contributed by atoms with van der Waals surface area (Å²) in [5, 5.41) is 16.0. The van der Waals surface area contributed by atoms with Crippen LogP contribution in [0.2, 0.25) is 0 Å². The summed E-state index contributed by atoms with van der Waals surface area (Å²) in [5.41, 5.74) is 4.35. The van der Waals surface area contributed by atoms with Crippen LogP contribution >= 0.6 is 0 Å². The Bertz CT molecular complexity index is 1010. The van der Waals surface area contributed by atoms with Gasteiger partial charge in [-0.1, -0.05) is 18.2 Å². The number of benzene rings is 2. The van der Waals surface area contributed by atoms with Crippen molar-refractivity contribution in [3.63, 3.8) is 0 Å². The first-order valence-corrected chi connectivity index (χ1v) is 8.13. The number of anilines is 2. The van der Waals surface area contributed by atoms with Crippen molar-refractivity contribution in [3.05, 3.63) is 64.8 Å². The second-order valence-electron chi connectivity index (χ2n) is 6.05. The summed E-state index contributed by atoms with van der Waals surface area (Å²) in [4.78, 5) is 27.9. The zero-order valence-electron chi connectivity index (χ0n) is 14.8. The number of carbonyl (C=O) groups excluding carboxylic acids is 1. The third-order valence-electron chi connectivity index (χ3n) is 4.32. The van der Waals surface area contributed by atoms with Gasteiger partial charge in [-0.2, -0.15) is 0 Å². The zero-order chi connectivity index (χ0) is 18.8. The molecule has 3 N–H and O–H groups in total. The van der Waals surface area contributed by atoms with E-state index in [1.807, 2.05) is 32.0 Å². The highest BCUT2D eigenvalue weighted by molar-refractivity contribution is 6.08. The van der Waals surface area contributed by atoms with Crippen LogP contribution in [0.4, 0.5) is 11.4 Å². The van der Waals surface area contributed by atoms with Crippen LogP contribution in [-0.2, 0) is 0 Å². The van der Waals surface area contributed by atoms with Gasteiger partial charge in [-0.05, 0) is 43.2 Å². The number of para-hydroxylation sites is 1. The third kappa shape index (κ3) is 3.09. The monoisotopic (exact) mass is 349 g/mol. The molecule has 6 nitrogen and oxygen atoms in total. The lowest BCUT2D eigenvalue weighted by Gasteiger charge is -2.17. The summed E-state index contributed by atoms with van der Waals surface area (Å²) in [5.74, 6) is -1.33. The molecule has 0 aliphatic heterocycles. The van der Waals surface area contributed by atoms with Crippen LogP contribution in [0.3, 0.4) is 0 Å². The highest BCUT2D eigenvalue weighted by Gasteiger charge is 2.17. The van der Waals surface area contributed by atoms with Gasteiger partial charge >= 0.3 is 5.97 Å². The molecule has 0 spiro atoms. The predicted octanol–water partition coefficient (Wildman–Crippen LogP) is 3.65. The van der Waals surface area contributed by atoms with E-state index in [9.17, 15) is 14.7 Å². The smallest absolute Gasteiger partial charge is 0.339 e. The molecule has 0 bridgehead atoms. The van der Waals surface area contributed by atoms with Crippen molar-refractivity contribution in [1.29, 1.82) is 0 Å². The minimum Gasteiger partial charge on any atom is -0.478 e. The van der Waals surface area contributed by atoms with E-state index in [4.69, 9.17) is 0 Å². The van der Waals surface area contributed by atoms with E-state index in [1.54, 1.807) is 25.2 Å². The fraction of sp³-hybridized carbons (Fsp3) is 0.150. The number of aromatic nitrogens is 1. The molecular weight excluding hydrogens is 330 g/mol. The van der Waals surface area contributed by atoms with Gasteiger partial charge in [0.25, 0.3) is 5.91 Å². The van der Waals surface area contributed by atoms with Crippen LogP contribution in [0.5, 0.6) is 0 Å². The van der Waals surface area contributed by atoms with Gasteiger partial charge < -0.3 is 15.7 Å². The fourth-order valence-electron chi connectivity index (χ4n) is 2.91. The Morgan fingerprint density at radius 1 is 1.04 bits per heavy atom. The molecular formula is C20H19N3O3. The number of amides is 1. The number of pyridine rings is 1. The normalized spacial score (nSPS) is 10.6. The summed E-state index contributed by atoms with van der Waals surface area (Å²) < 4.78 is 0. The van der Waals surface area contributed by atoms with Gasteiger partial charge in [0.15, 0.2) is 0 Å². The van der Waals surface area contributed by atoms with Crippen molar-refractivity contribution in [3.8, 4) is 0 Å². The minimum atomic E-state index is -1.08. The molecule has 3 rings (SSSR count). The number of rotatable bonds is 4. The molecule has 26 heavy (non-hydrogen) atoms. The average molecular weight is 349 g/mol. The lowest BCUT2D eigenvalue weighted by atomic mass is 10.0. The van der Waals surface area contributed by atoms with Gasteiger partial charge in [0, 0.05) is 29.9 Å². The van der Waals surface area contributed by atoms with E-state index in [-0.39, 0.29) is 11.5 Å². The summed E-state index contributed by atoms with van der Waals surface area (Å²) in [6.45, 7) is 3.91. The number of aromatic carboxylic acids is 1. The van der Waals surface area contributed by atoms with E-state index in [2.05, 4.69) is 15.6 Å². The van der Waals surface area contributed by atoms with Gasteiger partial charge in [0.1, 0.15) is 5.56 Å². The van der Waals surface area contributed by atoms with Crippen LogP contribution in [-0.4, -0.2) is 29.0 Å². The number of nitrogens with one attached hydrogen (secondary N) is 2. The van der Waals surface area contributed by atoms with Gasteiger partial charge in [-0.3, -0.25) is 9.78 Å². The number of hydrogen-bond acceptors (Lipinski definition) is 4. The van der Waals surface area contributed by atoms with Gasteiger partial charge in [0.05, 0.1) is 11.2 Å². The number of carboxylic acid groups (broad SMARTS) is 1. The number of aryl methyl sites for hydroxylation is 2. The summed E-state index contributed by atoms with van der Waals surface area (Å²) >= 11 is 0. The molecule has 0 saturated carbocycles. The van der Waals surface area contributed by atoms with E-state index < -0.39 is 5.97 Å². The molecule has 0 unspecified atom stereocenters. The Hall–Kier alpha value is -3.41. The van der Waals surface area contributed by atoms with Gasteiger partial charge in [-0.25, -0.2) is 4.79 Å². The molecule has 6 heteroatoms. The van der Waals surface area contributed by atoms with Crippen molar-refractivity contribution in [2.45, 2.75) is 13.8 Å². The van der Waals surface area contributed by atoms with Crippen molar-refractivity contribution in [1.82, 2.24) is 10.3 Å². The zero-order valence-corrected chi connectivity index (χ0v) is 14.8. The van der Waals surface area contributed by atoms with E-state index in [1.165, 1.54) is 6.20 Å². The lowest BCUT2D eigenvalue weighted by Crippen LogP contribution is -2.17. The summed E-state index contributed by atoms with van der Waals surface area (Å²) in [7, 11) is 1.55. The second kappa shape index (κ2) is 6.84. The van der Waals surface area contributed by atoms with Gasteiger partial charge in [-0.15, -0.1) is 0 Å². The topological polar surface area (TPSA) is 91.3 Å². The standard InChI is InChI=1S/C20H19N3O3/c1-11-5-4-6-12(2)17(11)23-18-14-9-13(19(24)21-3)7-8-16(14)22-10-15(18)20(25)26/h4-10H,1-3H3,(H,21,24)(H,22,23)(H,25,26). The van der Waals surface area contributed by atoms with E-state index in [0.29, 0.717) is 22.2 Å². The fourth-order valence-corrected chi connectivity index (χ4v) is 2.91. The molecule has 2 aromatic carbocycles. The molecule has 0 fully saturated rings. The third-order valence-corrected chi connectivity index (χ3v) is 4.32. The van der Waals surface area contributed by atoms with E-state index >= 15 is 0 Å². The molecule has 1 amide bonds. The van der Waals surface area contributed by atoms with Crippen LogP contribution in [0, 0.1) is 13.8 Å². The summed E-state index contributed by atoms with van der Waals surface area (Å²) in [6.07, 6.45) is 1.33. The predicted molar refractivity (Wildman–Crippen MR) is 101 cm³/mol. The maximum atomic E-state index is 12.0. The first kappa shape index (κ1) is 17.4. The Balaban J connectivity index is 2.27. The minimum absolute atomic E-state index is 0.0502. The largest absolute Gasteiger partial charge is 0.478 e. The van der Waals surface area contributed by atoms with Crippen LogP contribution in [0.15, 0.2) is 42.6 Å². The van der Waals surface area contributed by atoms with Crippen molar-refractivity contribution < 1.29 is 14.7 Å². The summed E-state index contributed by atoms with van der Waals surface area (Å²) in [6, 6.07) is 10.9. The molecule has 0 aliphatic rings. The number of fused-ring (bicyclic) bond motifs is 1. The van der Waals surface area contributed by atoms with Gasteiger partial charge in [0.2, 0.25) is 0 Å². The molecule has 1 heterocycles. The molecule has 0 aliphatic carbocycles. The number of hydrogen-bond donors (Lipinski definition) is 3. The maximum Gasteiger partial charge on any atom is 0.339 e. The number of nitrogens with zero attached hydrogens (tertiary/aromatic N) is 1. The van der Waals surface area contributed by atoms with Crippen molar-refractivity contribution >= 4 is 34.2 Å². The lowest BCUT2D eigenvalue weighted by molar-refractivity contribution is 0.0697. The molecule has 132 valence electrons. The second-order valence-corrected chi connectivity index (χ2v) is 6.05. The molecule has 0 radical (unpaired) electrons. The van der Waals surface area contributed by atoms with Crippen molar-refractivity contribution in [2.75, 3.05) is 12.4 Å². The molecule has 0 saturated heterocycles. The SMILES string of the molecule is CNC(=O)c1ccc2ncc(C(=O)O)c(Nc3c(C)cccc3C)c2c1. The van der Waals surface area contributed by atoms with Crippen molar-refractivity contribution in [2.24, 2.45) is 0 Å². The molecule has 1 aromatic heterocycles. The quantitative estimate of drug-likeness (QED) is 0.669. The Kier molecular flexibility index (Phi) is 4.58. The first-order chi connectivity index (χ1) is 12.4. The Morgan fingerprint density at radius 2 is 1.73 bits per heavy atom. The average Bonchev–Trinajstić information content (AvgIpc) is 2.63. The Morgan fingerprint density at radius 3 is 2.35 bits per heavy atom. The molecule has 3 aromatic rings. The number of carboxylic acids is 1. The highest BCUT2D eigenvalue weighted by Crippen LogP contribution is 2.32.